The summed E-state index contributed by atoms with van der Waals surface area (Å²) >= 11 is 0. The first-order valence-electron chi connectivity index (χ1n) is 6.39. The van der Waals surface area contributed by atoms with Crippen LogP contribution in [0.3, 0.4) is 0 Å². The molecule has 0 aliphatic heterocycles. The molecule has 1 aliphatic carbocycles. The van der Waals surface area contributed by atoms with E-state index in [2.05, 4.69) is 24.1 Å². The lowest BCUT2D eigenvalue weighted by atomic mass is 10.2. The Morgan fingerprint density at radius 2 is 2.13 bits per heavy atom. The maximum Gasteiger partial charge on any atom is 0.0597 e. The molecule has 0 spiro atoms. The third kappa shape index (κ3) is 5.50. The molecule has 0 aromatic carbocycles. The lowest BCUT2D eigenvalue weighted by molar-refractivity contribution is 0.183. The van der Waals surface area contributed by atoms with E-state index in [1.54, 1.807) is 0 Å². The number of nitrogens with one attached hydrogen (secondary N) is 1. The number of aliphatic hydroxyl groups is 1. The summed E-state index contributed by atoms with van der Waals surface area (Å²) in [5.74, 6) is 0. The zero-order valence-electron chi connectivity index (χ0n) is 10.2. The number of nitrogens with zero attached hydrogens (tertiary/aromatic N) is 1. The molecule has 1 fully saturated rings. The van der Waals surface area contributed by atoms with Crippen molar-refractivity contribution in [3.05, 3.63) is 0 Å². The third-order valence-corrected chi connectivity index (χ3v) is 3.02. The van der Waals surface area contributed by atoms with Gasteiger partial charge in [0.25, 0.3) is 0 Å². The van der Waals surface area contributed by atoms with E-state index in [4.69, 9.17) is 0 Å². The first-order valence-corrected chi connectivity index (χ1v) is 6.39. The highest BCUT2D eigenvalue weighted by atomic mass is 16.3. The third-order valence-electron chi connectivity index (χ3n) is 3.02. The summed E-state index contributed by atoms with van der Waals surface area (Å²) < 4.78 is 0. The molecule has 3 heteroatoms. The van der Waals surface area contributed by atoms with Gasteiger partial charge >= 0.3 is 0 Å². The maximum absolute atomic E-state index is 9.28. The number of rotatable bonds is 9. The second kappa shape index (κ2) is 7.20. The van der Waals surface area contributed by atoms with Crippen LogP contribution < -0.4 is 5.32 Å². The normalized spacial score (nSPS) is 18.4. The number of hydrogen-bond donors (Lipinski definition) is 2. The Labute approximate surface area is 93.9 Å². The molecule has 0 amide bonds. The minimum atomic E-state index is 0.263. The Morgan fingerprint density at radius 3 is 2.60 bits per heavy atom. The Morgan fingerprint density at radius 1 is 1.40 bits per heavy atom. The van der Waals surface area contributed by atoms with E-state index in [0.717, 1.165) is 19.6 Å². The minimum absolute atomic E-state index is 0.263. The van der Waals surface area contributed by atoms with Crippen LogP contribution in [0.25, 0.3) is 0 Å². The van der Waals surface area contributed by atoms with Gasteiger partial charge in [-0.3, -0.25) is 0 Å². The molecule has 15 heavy (non-hydrogen) atoms. The van der Waals surface area contributed by atoms with Crippen LogP contribution in [0.5, 0.6) is 0 Å². The Balaban J connectivity index is 2.19. The van der Waals surface area contributed by atoms with Crippen LogP contribution in [-0.4, -0.2) is 48.3 Å². The van der Waals surface area contributed by atoms with E-state index in [-0.39, 0.29) is 12.6 Å². The Hall–Kier alpha value is -0.120. The summed E-state index contributed by atoms with van der Waals surface area (Å²) in [5.41, 5.74) is 0. The fraction of sp³-hybridized carbons (Fsp3) is 1.00. The number of unbranched alkanes of at least 4 members (excludes halogenated alkanes) is 1. The average molecular weight is 214 g/mol. The molecular formula is C12H26N2O. The molecule has 0 aromatic rings. The zero-order valence-corrected chi connectivity index (χ0v) is 10.2. The van der Waals surface area contributed by atoms with Crippen molar-refractivity contribution in [2.45, 2.75) is 51.6 Å². The van der Waals surface area contributed by atoms with E-state index in [1.807, 2.05) is 0 Å². The molecule has 2 N–H and O–H groups in total. The second-order valence-corrected chi connectivity index (χ2v) is 4.57. The van der Waals surface area contributed by atoms with Crippen LogP contribution >= 0.6 is 0 Å². The SMILES string of the molecule is CCCCN(CC)CC(CO)NC1CC1. The number of likely N-dealkylation sites (N-methyl/N-ethyl adjacent to an activating group) is 1. The van der Waals surface area contributed by atoms with Crippen LogP contribution in [0, 0.1) is 0 Å². The molecule has 0 radical (unpaired) electrons. The maximum atomic E-state index is 9.28. The van der Waals surface area contributed by atoms with Crippen LogP contribution in [0.15, 0.2) is 0 Å². The lowest BCUT2D eigenvalue weighted by Crippen LogP contribution is -2.44. The van der Waals surface area contributed by atoms with Crippen molar-refractivity contribution >= 4 is 0 Å². The van der Waals surface area contributed by atoms with Gasteiger partial charge in [-0.05, 0) is 32.4 Å². The topological polar surface area (TPSA) is 35.5 Å². The van der Waals surface area contributed by atoms with Crippen molar-refractivity contribution in [3.8, 4) is 0 Å². The van der Waals surface area contributed by atoms with Crippen molar-refractivity contribution < 1.29 is 5.11 Å². The predicted molar refractivity (Wildman–Crippen MR) is 64.1 cm³/mol. The molecule has 90 valence electrons. The highest BCUT2D eigenvalue weighted by Crippen LogP contribution is 2.19. The van der Waals surface area contributed by atoms with Crippen molar-refractivity contribution in [3.63, 3.8) is 0 Å². The van der Waals surface area contributed by atoms with E-state index in [0.29, 0.717) is 6.04 Å². The first-order chi connectivity index (χ1) is 7.30. The fourth-order valence-corrected chi connectivity index (χ4v) is 1.82. The largest absolute Gasteiger partial charge is 0.395 e. The molecule has 1 aliphatic rings. The van der Waals surface area contributed by atoms with Gasteiger partial charge in [0.15, 0.2) is 0 Å². The van der Waals surface area contributed by atoms with Crippen molar-refractivity contribution in [1.82, 2.24) is 10.2 Å². The van der Waals surface area contributed by atoms with Gasteiger partial charge < -0.3 is 15.3 Å². The smallest absolute Gasteiger partial charge is 0.0597 e. The van der Waals surface area contributed by atoms with Crippen molar-refractivity contribution in [1.29, 1.82) is 0 Å². The van der Waals surface area contributed by atoms with Gasteiger partial charge in [-0.2, -0.15) is 0 Å². The second-order valence-electron chi connectivity index (χ2n) is 4.57. The van der Waals surface area contributed by atoms with Crippen LogP contribution in [0.2, 0.25) is 0 Å². The molecule has 1 saturated carbocycles. The lowest BCUT2D eigenvalue weighted by Gasteiger charge is -2.26. The molecule has 1 rings (SSSR count). The summed E-state index contributed by atoms with van der Waals surface area (Å²) in [4.78, 5) is 2.43. The summed E-state index contributed by atoms with van der Waals surface area (Å²) in [6, 6.07) is 0.960. The standard InChI is InChI=1S/C12H26N2O/c1-3-5-8-14(4-2)9-12(10-15)13-11-6-7-11/h11-13,15H,3-10H2,1-2H3. The van der Waals surface area contributed by atoms with E-state index in [9.17, 15) is 5.11 Å². The van der Waals surface area contributed by atoms with Gasteiger partial charge in [0, 0.05) is 18.6 Å². The Kier molecular flexibility index (Phi) is 6.22. The van der Waals surface area contributed by atoms with Crippen LogP contribution in [-0.2, 0) is 0 Å². The van der Waals surface area contributed by atoms with E-state index >= 15 is 0 Å². The van der Waals surface area contributed by atoms with Crippen LogP contribution in [0.1, 0.15) is 39.5 Å². The van der Waals surface area contributed by atoms with Gasteiger partial charge in [0.05, 0.1) is 6.61 Å². The molecule has 3 nitrogen and oxygen atoms in total. The van der Waals surface area contributed by atoms with Crippen molar-refractivity contribution in [2.75, 3.05) is 26.2 Å². The highest BCUT2D eigenvalue weighted by molar-refractivity contribution is 4.85. The molecular weight excluding hydrogens is 188 g/mol. The summed E-state index contributed by atoms with van der Waals surface area (Å²) in [6.07, 6.45) is 5.08. The highest BCUT2D eigenvalue weighted by Gasteiger charge is 2.24. The van der Waals surface area contributed by atoms with E-state index in [1.165, 1.54) is 25.7 Å². The van der Waals surface area contributed by atoms with Gasteiger partial charge in [0.1, 0.15) is 0 Å². The molecule has 0 heterocycles. The predicted octanol–water partition coefficient (Wildman–Crippen LogP) is 1.22. The van der Waals surface area contributed by atoms with Crippen LogP contribution in [0.4, 0.5) is 0 Å². The first kappa shape index (κ1) is 12.9. The monoisotopic (exact) mass is 214 g/mol. The average Bonchev–Trinajstić information content (AvgIpc) is 3.06. The molecule has 0 aromatic heterocycles. The molecule has 1 atom stereocenters. The summed E-state index contributed by atoms with van der Waals surface area (Å²) in [6.45, 7) is 7.92. The quantitative estimate of drug-likeness (QED) is 0.606. The number of aliphatic hydroxyl groups excluding tert-OH is 1. The van der Waals surface area contributed by atoms with E-state index < -0.39 is 0 Å². The van der Waals surface area contributed by atoms with Gasteiger partial charge in [0.2, 0.25) is 0 Å². The number of hydrogen-bond acceptors (Lipinski definition) is 3. The molecule has 0 saturated heterocycles. The Bertz CT molecular complexity index is 160. The fourth-order valence-electron chi connectivity index (χ4n) is 1.82. The van der Waals surface area contributed by atoms with Gasteiger partial charge in [-0.25, -0.2) is 0 Å². The minimum Gasteiger partial charge on any atom is -0.395 e. The summed E-state index contributed by atoms with van der Waals surface area (Å²) in [7, 11) is 0. The van der Waals surface area contributed by atoms with Crippen molar-refractivity contribution in [2.24, 2.45) is 0 Å². The molecule has 1 unspecified atom stereocenters. The molecule has 0 bridgehead atoms. The van der Waals surface area contributed by atoms with Gasteiger partial charge in [-0.1, -0.05) is 20.3 Å². The zero-order chi connectivity index (χ0) is 11.1. The summed E-state index contributed by atoms with van der Waals surface area (Å²) in [5, 5.41) is 12.8. The van der Waals surface area contributed by atoms with Gasteiger partial charge in [-0.15, -0.1) is 0 Å².